The molecule has 0 fully saturated rings. The van der Waals surface area contributed by atoms with E-state index in [4.69, 9.17) is 21.1 Å². The van der Waals surface area contributed by atoms with Gasteiger partial charge in [-0.25, -0.2) is 4.79 Å². The van der Waals surface area contributed by atoms with Crippen molar-refractivity contribution in [1.29, 1.82) is 0 Å². The van der Waals surface area contributed by atoms with Crippen molar-refractivity contribution in [2.75, 3.05) is 31.5 Å². The standard InChI is InChI=1S/C24H29ClN4O4S/c1-5-29-20-8-7-16(23(30)28-19(10-11-34-4)24(31)33-3)22(17(20)14-27-29)26-13-15-6-9-21(32-2)18(25)12-15/h6-9,12,14,19,26H,5,10-11,13H2,1-4H3,(H,28,30). The number of ether oxygens (including phenoxy) is 2. The lowest BCUT2D eigenvalue weighted by atomic mass is 10.1. The number of hydrogen-bond acceptors (Lipinski definition) is 7. The Bertz CT molecular complexity index is 1170. The number of aromatic nitrogens is 2. The van der Waals surface area contributed by atoms with Gasteiger partial charge in [-0.3, -0.25) is 9.48 Å². The molecule has 1 amide bonds. The van der Waals surface area contributed by atoms with Gasteiger partial charge in [-0.05, 0) is 55.2 Å². The van der Waals surface area contributed by atoms with Crippen LogP contribution in [0.25, 0.3) is 10.9 Å². The summed E-state index contributed by atoms with van der Waals surface area (Å²) in [5, 5.41) is 12.0. The molecule has 10 heteroatoms. The molecule has 182 valence electrons. The predicted molar refractivity (Wildman–Crippen MR) is 137 cm³/mol. The van der Waals surface area contributed by atoms with Gasteiger partial charge in [-0.1, -0.05) is 17.7 Å². The highest BCUT2D eigenvalue weighted by Gasteiger charge is 2.24. The Morgan fingerprint density at radius 1 is 1.24 bits per heavy atom. The van der Waals surface area contributed by atoms with Crippen LogP contribution in [-0.4, -0.2) is 53.9 Å². The number of hydrogen-bond donors (Lipinski definition) is 2. The summed E-state index contributed by atoms with van der Waals surface area (Å²) in [6, 6.07) is 8.41. The zero-order valence-electron chi connectivity index (χ0n) is 19.7. The molecule has 0 aliphatic rings. The normalized spacial score (nSPS) is 11.8. The first kappa shape index (κ1) is 25.7. The molecule has 2 N–H and O–H groups in total. The summed E-state index contributed by atoms with van der Waals surface area (Å²) in [7, 11) is 2.88. The number of nitrogens with one attached hydrogen (secondary N) is 2. The van der Waals surface area contributed by atoms with Gasteiger partial charge in [-0.2, -0.15) is 16.9 Å². The lowest BCUT2D eigenvalue weighted by Gasteiger charge is -2.18. The van der Waals surface area contributed by atoms with Gasteiger partial charge < -0.3 is 20.1 Å². The Balaban J connectivity index is 1.94. The molecular weight excluding hydrogens is 476 g/mol. The molecule has 0 aliphatic heterocycles. The Labute approximate surface area is 208 Å². The highest BCUT2D eigenvalue weighted by Crippen LogP contribution is 2.30. The first-order valence-electron chi connectivity index (χ1n) is 10.9. The van der Waals surface area contributed by atoms with Crippen LogP contribution in [0, 0.1) is 0 Å². The molecule has 1 unspecified atom stereocenters. The zero-order chi connectivity index (χ0) is 24.7. The van der Waals surface area contributed by atoms with Crippen LogP contribution in [0.5, 0.6) is 5.75 Å². The van der Waals surface area contributed by atoms with Crippen LogP contribution in [0.2, 0.25) is 5.02 Å². The number of nitrogens with zero attached hydrogens (tertiary/aromatic N) is 2. The van der Waals surface area contributed by atoms with Crippen molar-refractivity contribution in [2.45, 2.75) is 32.5 Å². The third-order valence-corrected chi connectivity index (χ3v) is 6.40. The SMILES string of the molecule is CCn1ncc2c(NCc3ccc(OC)c(Cl)c3)c(C(=O)NC(CCSC)C(=O)OC)ccc21. The van der Waals surface area contributed by atoms with Crippen molar-refractivity contribution in [2.24, 2.45) is 0 Å². The molecule has 1 aromatic heterocycles. The Hall–Kier alpha value is -2.91. The molecule has 0 bridgehead atoms. The highest BCUT2D eigenvalue weighted by atomic mass is 35.5. The van der Waals surface area contributed by atoms with Crippen molar-refractivity contribution in [3.8, 4) is 5.75 Å². The lowest BCUT2D eigenvalue weighted by Crippen LogP contribution is -2.42. The number of esters is 1. The number of thioether (sulfide) groups is 1. The van der Waals surface area contributed by atoms with E-state index < -0.39 is 12.0 Å². The number of anilines is 1. The van der Waals surface area contributed by atoms with E-state index >= 15 is 0 Å². The number of methoxy groups -OCH3 is 2. The van der Waals surface area contributed by atoms with E-state index in [0.717, 1.165) is 16.5 Å². The van der Waals surface area contributed by atoms with Crippen molar-refractivity contribution in [3.63, 3.8) is 0 Å². The zero-order valence-corrected chi connectivity index (χ0v) is 21.3. The summed E-state index contributed by atoms with van der Waals surface area (Å²) in [5.41, 5.74) is 2.88. The fourth-order valence-electron chi connectivity index (χ4n) is 3.66. The van der Waals surface area contributed by atoms with E-state index in [1.165, 1.54) is 7.11 Å². The van der Waals surface area contributed by atoms with Gasteiger partial charge >= 0.3 is 5.97 Å². The topological polar surface area (TPSA) is 94.5 Å². The molecule has 0 saturated heterocycles. The maximum absolute atomic E-state index is 13.3. The smallest absolute Gasteiger partial charge is 0.328 e. The van der Waals surface area contributed by atoms with Gasteiger partial charge in [0.2, 0.25) is 0 Å². The number of amides is 1. The Kier molecular flexibility index (Phi) is 9.06. The number of benzene rings is 2. The monoisotopic (exact) mass is 504 g/mol. The van der Waals surface area contributed by atoms with Crippen LogP contribution in [0.1, 0.15) is 29.3 Å². The Morgan fingerprint density at radius 2 is 2.03 bits per heavy atom. The molecule has 2 aromatic carbocycles. The number of halogens is 1. The molecule has 8 nitrogen and oxygen atoms in total. The van der Waals surface area contributed by atoms with E-state index in [1.807, 2.05) is 36.1 Å². The molecule has 1 heterocycles. The minimum atomic E-state index is -0.729. The first-order chi connectivity index (χ1) is 16.4. The number of fused-ring (bicyclic) bond motifs is 1. The van der Waals surface area contributed by atoms with Crippen molar-refractivity contribution in [1.82, 2.24) is 15.1 Å². The predicted octanol–water partition coefficient (Wildman–Crippen LogP) is 4.35. The number of aryl methyl sites for hydroxylation is 1. The summed E-state index contributed by atoms with van der Waals surface area (Å²) < 4.78 is 12.0. The van der Waals surface area contributed by atoms with Crippen LogP contribution >= 0.6 is 23.4 Å². The average molecular weight is 505 g/mol. The van der Waals surface area contributed by atoms with Crippen LogP contribution in [-0.2, 0) is 22.6 Å². The fraction of sp³-hybridized carbons (Fsp3) is 0.375. The summed E-state index contributed by atoms with van der Waals surface area (Å²) in [4.78, 5) is 25.5. The molecule has 0 radical (unpaired) electrons. The minimum Gasteiger partial charge on any atom is -0.495 e. The average Bonchev–Trinajstić information content (AvgIpc) is 3.27. The quantitative estimate of drug-likeness (QED) is 0.375. The van der Waals surface area contributed by atoms with Gasteiger partial charge in [-0.15, -0.1) is 0 Å². The van der Waals surface area contributed by atoms with Crippen LogP contribution in [0.3, 0.4) is 0 Å². The first-order valence-corrected chi connectivity index (χ1v) is 12.6. The van der Waals surface area contributed by atoms with E-state index in [9.17, 15) is 9.59 Å². The molecule has 0 saturated carbocycles. The van der Waals surface area contributed by atoms with E-state index in [2.05, 4.69) is 15.7 Å². The second-order valence-corrected chi connectivity index (χ2v) is 8.93. The highest BCUT2D eigenvalue weighted by molar-refractivity contribution is 7.98. The van der Waals surface area contributed by atoms with Crippen LogP contribution < -0.4 is 15.4 Å². The maximum Gasteiger partial charge on any atom is 0.328 e. The largest absolute Gasteiger partial charge is 0.495 e. The third kappa shape index (κ3) is 5.77. The molecular formula is C24H29ClN4O4S. The Morgan fingerprint density at radius 3 is 2.68 bits per heavy atom. The summed E-state index contributed by atoms with van der Waals surface area (Å²) >= 11 is 7.88. The summed E-state index contributed by atoms with van der Waals surface area (Å²) in [6.07, 6.45) is 4.16. The van der Waals surface area contributed by atoms with Crippen molar-refractivity contribution < 1.29 is 19.1 Å². The van der Waals surface area contributed by atoms with E-state index in [0.29, 0.717) is 47.3 Å². The van der Waals surface area contributed by atoms with Crippen LogP contribution in [0.4, 0.5) is 5.69 Å². The number of carbonyl (C=O) groups is 2. The number of rotatable bonds is 11. The molecule has 3 rings (SSSR count). The van der Waals surface area contributed by atoms with Crippen molar-refractivity contribution in [3.05, 3.63) is 52.7 Å². The van der Waals surface area contributed by atoms with Gasteiger partial charge in [0.05, 0.1) is 42.2 Å². The second kappa shape index (κ2) is 12.0. The lowest BCUT2D eigenvalue weighted by molar-refractivity contribution is -0.142. The number of carbonyl (C=O) groups excluding carboxylic acids is 2. The van der Waals surface area contributed by atoms with E-state index in [-0.39, 0.29) is 5.91 Å². The van der Waals surface area contributed by atoms with Gasteiger partial charge in [0.1, 0.15) is 11.8 Å². The summed E-state index contributed by atoms with van der Waals surface area (Å²) in [6.45, 7) is 3.13. The molecule has 1 atom stereocenters. The fourth-order valence-corrected chi connectivity index (χ4v) is 4.41. The third-order valence-electron chi connectivity index (χ3n) is 5.46. The molecule has 3 aromatic rings. The molecule has 34 heavy (non-hydrogen) atoms. The summed E-state index contributed by atoms with van der Waals surface area (Å²) in [5.74, 6) is 0.476. The van der Waals surface area contributed by atoms with Crippen LogP contribution in [0.15, 0.2) is 36.5 Å². The minimum absolute atomic E-state index is 0.363. The molecule has 0 spiro atoms. The van der Waals surface area contributed by atoms with Gasteiger partial charge in [0, 0.05) is 18.5 Å². The van der Waals surface area contributed by atoms with Gasteiger partial charge in [0.25, 0.3) is 5.91 Å². The molecule has 0 aliphatic carbocycles. The van der Waals surface area contributed by atoms with Gasteiger partial charge in [0.15, 0.2) is 0 Å². The van der Waals surface area contributed by atoms with Crippen molar-refractivity contribution >= 4 is 51.8 Å². The van der Waals surface area contributed by atoms with E-state index in [1.54, 1.807) is 37.2 Å². The maximum atomic E-state index is 13.3. The second-order valence-electron chi connectivity index (χ2n) is 7.53.